The van der Waals surface area contributed by atoms with E-state index in [1.165, 1.54) is 6.92 Å². The van der Waals surface area contributed by atoms with Crippen LogP contribution in [0, 0.1) is 5.92 Å². The molecule has 3 amide bonds. The van der Waals surface area contributed by atoms with Crippen LogP contribution in [0.1, 0.15) is 40.0 Å². The quantitative estimate of drug-likeness (QED) is 0.334. The van der Waals surface area contributed by atoms with Crippen LogP contribution in [0.5, 0.6) is 0 Å². The van der Waals surface area contributed by atoms with Crippen LogP contribution < -0.4 is 22.1 Å². The van der Waals surface area contributed by atoms with Gasteiger partial charge in [0, 0.05) is 6.42 Å². The molecule has 9 heteroatoms. The minimum absolute atomic E-state index is 0.0485. The third kappa shape index (κ3) is 7.59. The molecule has 0 aromatic rings. The van der Waals surface area contributed by atoms with Gasteiger partial charge in [-0.15, -0.1) is 0 Å². The van der Waals surface area contributed by atoms with E-state index in [0.717, 1.165) is 0 Å². The number of primary amides is 1. The van der Waals surface area contributed by atoms with E-state index in [9.17, 15) is 19.2 Å². The van der Waals surface area contributed by atoms with Gasteiger partial charge in [0.05, 0.1) is 6.04 Å². The standard InChI is InChI=1S/C14H26N4O5/c1-4-7(2)11(16)13(21)17-8(3)12(20)18-9(14(22)23)5-6-10(15)19/h7-9,11H,4-6,16H2,1-3H3,(H2,15,19)(H,17,21)(H,18,20)(H,22,23). The first-order valence-corrected chi connectivity index (χ1v) is 7.47. The van der Waals surface area contributed by atoms with E-state index < -0.39 is 41.8 Å². The molecule has 0 bridgehead atoms. The topological polar surface area (TPSA) is 165 Å². The van der Waals surface area contributed by atoms with Gasteiger partial charge in [0.2, 0.25) is 17.7 Å². The molecule has 0 aromatic carbocycles. The number of hydrogen-bond donors (Lipinski definition) is 5. The Morgan fingerprint density at radius 1 is 1.09 bits per heavy atom. The molecule has 0 aliphatic heterocycles. The molecule has 0 saturated carbocycles. The summed E-state index contributed by atoms with van der Waals surface area (Å²) in [6.45, 7) is 5.13. The zero-order chi connectivity index (χ0) is 18.2. The van der Waals surface area contributed by atoms with Gasteiger partial charge in [-0.25, -0.2) is 4.79 Å². The predicted molar refractivity (Wildman–Crippen MR) is 83.0 cm³/mol. The molecule has 4 unspecified atom stereocenters. The first kappa shape index (κ1) is 20.8. The molecular weight excluding hydrogens is 304 g/mol. The predicted octanol–water partition coefficient (Wildman–Crippen LogP) is -1.30. The van der Waals surface area contributed by atoms with Crippen molar-refractivity contribution in [3.8, 4) is 0 Å². The van der Waals surface area contributed by atoms with Crippen molar-refractivity contribution in [2.75, 3.05) is 0 Å². The monoisotopic (exact) mass is 330 g/mol. The number of nitrogens with one attached hydrogen (secondary N) is 2. The first-order valence-electron chi connectivity index (χ1n) is 7.47. The van der Waals surface area contributed by atoms with Crippen LogP contribution in [0.3, 0.4) is 0 Å². The average molecular weight is 330 g/mol. The van der Waals surface area contributed by atoms with Crippen LogP contribution in [-0.4, -0.2) is 46.9 Å². The highest BCUT2D eigenvalue weighted by Crippen LogP contribution is 2.05. The zero-order valence-electron chi connectivity index (χ0n) is 13.7. The smallest absolute Gasteiger partial charge is 0.326 e. The summed E-state index contributed by atoms with van der Waals surface area (Å²) >= 11 is 0. The van der Waals surface area contributed by atoms with Crippen molar-refractivity contribution < 1.29 is 24.3 Å². The highest BCUT2D eigenvalue weighted by Gasteiger charge is 2.26. The number of rotatable bonds is 10. The number of carbonyl (C=O) groups excluding carboxylic acids is 3. The molecule has 4 atom stereocenters. The van der Waals surface area contributed by atoms with E-state index in [0.29, 0.717) is 6.42 Å². The van der Waals surface area contributed by atoms with E-state index in [-0.39, 0.29) is 18.8 Å². The van der Waals surface area contributed by atoms with Crippen molar-refractivity contribution >= 4 is 23.7 Å². The second kappa shape index (κ2) is 9.78. The van der Waals surface area contributed by atoms with Gasteiger partial charge in [-0.05, 0) is 19.3 Å². The molecule has 0 aromatic heterocycles. The van der Waals surface area contributed by atoms with Crippen molar-refractivity contribution in [3.05, 3.63) is 0 Å². The molecule has 0 fully saturated rings. The Bertz CT molecular complexity index is 454. The third-order valence-electron chi connectivity index (χ3n) is 3.61. The van der Waals surface area contributed by atoms with Gasteiger partial charge in [0.25, 0.3) is 0 Å². The summed E-state index contributed by atoms with van der Waals surface area (Å²) in [5.41, 5.74) is 10.7. The van der Waals surface area contributed by atoms with E-state index in [1.54, 1.807) is 0 Å². The van der Waals surface area contributed by atoms with Gasteiger partial charge >= 0.3 is 5.97 Å². The molecule has 0 spiro atoms. The largest absolute Gasteiger partial charge is 0.480 e. The average Bonchev–Trinajstić information content (AvgIpc) is 2.48. The number of amides is 3. The van der Waals surface area contributed by atoms with Crippen molar-refractivity contribution in [2.45, 2.75) is 58.2 Å². The maximum absolute atomic E-state index is 12.0. The van der Waals surface area contributed by atoms with Gasteiger partial charge in [-0.3, -0.25) is 14.4 Å². The lowest BCUT2D eigenvalue weighted by molar-refractivity contribution is -0.142. The second-order valence-corrected chi connectivity index (χ2v) is 5.55. The maximum Gasteiger partial charge on any atom is 0.326 e. The molecular formula is C14H26N4O5. The lowest BCUT2D eigenvalue weighted by Gasteiger charge is -2.22. The normalized spacial score (nSPS) is 15.8. The van der Waals surface area contributed by atoms with Crippen LogP contribution in [0.2, 0.25) is 0 Å². The molecule has 0 radical (unpaired) electrons. The van der Waals surface area contributed by atoms with Gasteiger partial charge in [0.1, 0.15) is 12.1 Å². The van der Waals surface area contributed by atoms with Crippen LogP contribution in [0.15, 0.2) is 0 Å². The Kier molecular flexibility index (Phi) is 8.86. The summed E-state index contributed by atoms with van der Waals surface area (Å²) in [7, 11) is 0. The van der Waals surface area contributed by atoms with Crippen LogP contribution in [0.25, 0.3) is 0 Å². The van der Waals surface area contributed by atoms with Crippen molar-refractivity contribution in [2.24, 2.45) is 17.4 Å². The fourth-order valence-corrected chi connectivity index (χ4v) is 1.73. The Morgan fingerprint density at radius 2 is 1.65 bits per heavy atom. The molecule has 0 aliphatic carbocycles. The third-order valence-corrected chi connectivity index (χ3v) is 3.61. The van der Waals surface area contributed by atoms with Crippen molar-refractivity contribution in [1.29, 1.82) is 0 Å². The number of nitrogens with two attached hydrogens (primary N) is 2. The Labute approximate surface area is 135 Å². The van der Waals surface area contributed by atoms with Gasteiger partial charge in [0.15, 0.2) is 0 Å². The summed E-state index contributed by atoms with van der Waals surface area (Å²) < 4.78 is 0. The number of hydrogen-bond acceptors (Lipinski definition) is 5. The number of carboxylic acid groups (broad SMARTS) is 1. The molecule has 132 valence electrons. The van der Waals surface area contributed by atoms with E-state index in [2.05, 4.69) is 10.6 Å². The lowest BCUT2D eigenvalue weighted by atomic mass is 9.99. The zero-order valence-corrected chi connectivity index (χ0v) is 13.7. The molecule has 0 saturated heterocycles. The number of aliphatic carboxylic acids is 1. The summed E-state index contributed by atoms with van der Waals surface area (Å²) in [6.07, 6.45) is 0.420. The molecule has 9 nitrogen and oxygen atoms in total. The minimum atomic E-state index is -1.28. The van der Waals surface area contributed by atoms with Gasteiger partial charge in [-0.1, -0.05) is 20.3 Å². The highest BCUT2D eigenvalue weighted by molar-refractivity contribution is 5.91. The molecule has 7 N–H and O–H groups in total. The summed E-state index contributed by atoms with van der Waals surface area (Å²) in [6, 6.07) is -2.95. The van der Waals surface area contributed by atoms with Crippen LogP contribution in [0.4, 0.5) is 0 Å². The van der Waals surface area contributed by atoms with Crippen LogP contribution >= 0.6 is 0 Å². The highest BCUT2D eigenvalue weighted by atomic mass is 16.4. The molecule has 0 heterocycles. The first-order chi connectivity index (χ1) is 10.6. The summed E-state index contributed by atoms with van der Waals surface area (Å²) in [5.74, 6) is -3.15. The van der Waals surface area contributed by atoms with Gasteiger partial charge < -0.3 is 27.2 Å². The minimum Gasteiger partial charge on any atom is -0.480 e. The van der Waals surface area contributed by atoms with E-state index >= 15 is 0 Å². The number of carbonyl (C=O) groups is 4. The van der Waals surface area contributed by atoms with Crippen LogP contribution in [-0.2, 0) is 19.2 Å². The Hall–Kier alpha value is -2.16. The SMILES string of the molecule is CCC(C)C(N)C(=O)NC(C)C(=O)NC(CCC(N)=O)C(=O)O. The second-order valence-electron chi connectivity index (χ2n) is 5.55. The van der Waals surface area contributed by atoms with E-state index in [4.69, 9.17) is 16.6 Å². The fourth-order valence-electron chi connectivity index (χ4n) is 1.73. The van der Waals surface area contributed by atoms with Crippen molar-refractivity contribution in [3.63, 3.8) is 0 Å². The molecule has 23 heavy (non-hydrogen) atoms. The summed E-state index contributed by atoms with van der Waals surface area (Å²) in [5, 5.41) is 13.7. The Balaban J connectivity index is 4.59. The van der Waals surface area contributed by atoms with E-state index in [1.807, 2.05) is 13.8 Å². The fraction of sp³-hybridized carbons (Fsp3) is 0.714. The Morgan fingerprint density at radius 3 is 2.09 bits per heavy atom. The molecule has 0 rings (SSSR count). The van der Waals surface area contributed by atoms with Gasteiger partial charge in [-0.2, -0.15) is 0 Å². The maximum atomic E-state index is 12.0. The summed E-state index contributed by atoms with van der Waals surface area (Å²) in [4.78, 5) is 45.6. The van der Waals surface area contributed by atoms with Crippen molar-refractivity contribution in [1.82, 2.24) is 10.6 Å². The lowest BCUT2D eigenvalue weighted by Crippen LogP contribution is -2.54. The molecule has 0 aliphatic rings. The number of carboxylic acids is 1.